The summed E-state index contributed by atoms with van der Waals surface area (Å²) in [5.41, 5.74) is 12.5. The Morgan fingerprint density at radius 3 is 2.30 bits per heavy atom. The summed E-state index contributed by atoms with van der Waals surface area (Å²) in [5.74, 6) is 0.700. The summed E-state index contributed by atoms with van der Waals surface area (Å²) in [5, 5.41) is 6.96. The molecular formula is C31H31N2+. The van der Waals surface area contributed by atoms with Crippen molar-refractivity contribution >= 4 is 49.0 Å². The monoisotopic (exact) mass is 431 g/mol. The van der Waals surface area contributed by atoms with Gasteiger partial charge in [-0.05, 0) is 104 Å². The molecule has 2 heteroatoms. The van der Waals surface area contributed by atoms with E-state index in [1.807, 2.05) is 0 Å². The lowest BCUT2D eigenvalue weighted by Crippen LogP contribution is -2.29. The number of hydrogen-bond acceptors (Lipinski definition) is 0. The summed E-state index contributed by atoms with van der Waals surface area (Å²) in [6, 6.07) is 14.6. The van der Waals surface area contributed by atoms with Gasteiger partial charge in [0.05, 0.1) is 27.3 Å². The van der Waals surface area contributed by atoms with Crippen molar-refractivity contribution in [2.45, 2.75) is 59.3 Å². The van der Waals surface area contributed by atoms with E-state index in [2.05, 4.69) is 86.3 Å². The molecule has 0 radical (unpaired) electrons. The quantitative estimate of drug-likeness (QED) is 0.143. The second kappa shape index (κ2) is 6.47. The third-order valence-electron chi connectivity index (χ3n) is 8.73. The average molecular weight is 432 g/mol. The SMILES string of the molecule is Cc1cc2c3cc(C)c(C)c4c3n(c2cc1C)c1cc(C2CCCC2)cc2cc[n+](C)c4c21. The number of rotatable bonds is 1. The Morgan fingerprint density at radius 2 is 1.52 bits per heavy atom. The van der Waals surface area contributed by atoms with Crippen LogP contribution in [0.25, 0.3) is 49.0 Å². The van der Waals surface area contributed by atoms with E-state index in [1.165, 1.54) is 102 Å². The highest BCUT2D eigenvalue weighted by Gasteiger charge is 2.26. The molecule has 164 valence electrons. The molecule has 0 unspecified atom stereocenters. The van der Waals surface area contributed by atoms with Crippen molar-refractivity contribution in [3.63, 3.8) is 0 Å². The Bertz CT molecular complexity index is 1760. The lowest BCUT2D eigenvalue weighted by molar-refractivity contribution is -0.643. The minimum Gasteiger partial charge on any atom is -0.307 e. The summed E-state index contributed by atoms with van der Waals surface area (Å²) in [6.45, 7) is 9.07. The van der Waals surface area contributed by atoms with E-state index >= 15 is 0 Å². The van der Waals surface area contributed by atoms with Crippen LogP contribution in [0.1, 0.15) is 59.4 Å². The van der Waals surface area contributed by atoms with Crippen molar-refractivity contribution < 1.29 is 4.57 Å². The van der Waals surface area contributed by atoms with E-state index in [1.54, 1.807) is 0 Å². The molecule has 2 nitrogen and oxygen atoms in total. The van der Waals surface area contributed by atoms with Crippen LogP contribution in [0, 0.1) is 27.7 Å². The number of aryl methyl sites for hydroxylation is 5. The van der Waals surface area contributed by atoms with Crippen molar-refractivity contribution in [2.75, 3.05) is 0 Å². The maximum Gasteiger partial charge on any atom is 0.224 e. The van der Waals surface area contributed by atoms with Gasteiger partial charge in [0.1, 0.15) is 7.05 Å². The van der Waals surface area contributed by atoms with E-state index < -0.39 is 0 Å². The fourth-order valence-corrected chi connectivity index (χ4v) is 6.68. The van der Waals surface area contributed by atoms with Gasteiger partial charge in [0.15, 0.2) is 6.20 Å². The molecule has 6 aromatic rings. The number of benzene rings is 3. The van der Waals surface area contributed by atoms with Crippen LogP contribution in [-0.4, -0.2) is 4.40 Å². The van der Waals surface area contributed by atoms with Gasteiger partial charge in [0.25, 0.3) is 0 Å². The van der Waals surface area contributed by atoms with E-state index in [9.17, 15) is 0 Å². The highest BCUT2D eigenvalue weighted by atomic mass is 15.0. The van der Waals surface area contributed by atoms with Crippen LogP contribution < -0.4 is 4.57 Å². The minimum absolute atomic E-state index is 0.700. The van der Waals surface area contributed by atoms with Gasteiger partial charge in [-0.2, -0.15) is 0 Å². The molecule has 0 bridgehead atoms. The predicted octanol–water partition coefficient (Wildman–Crippen LogP) is 7.71. The molecule has 1 aliphatic carbocycles. The Balaban J connectivity index is 1.84. The highest BCUT2D eigenvalue weighted by molar-refractivity contribution is 6.26. The van der Waals surface area contributed by atoms with E-state index in [-0.39, 0.29) is 0 Å². The first-order valence-corrected chi connectivity index (χ1v) is 12.5. The first kappa shape index (κ1) is 19.3. The molecule has 0 N–H and O–H groups in total. The molecule has 1 saturated carbocycles. The maximum absolute atomic E-state index is 2.60. The molecular weight excluding hydrogens is 400 g/mol. The molecule has 0 aliphatic heterocycles. The number of fused-ring (bicyclic) bond motifs is 5. The topological polar surface area (TPSA) is 8.29 Å². The first-order valence-electron chi connectivity index (χ1n) is 12.5. The smallest absolute Gasteiger partial charge is 0.224 e. The number of hydrogen-bond donors (Lipinski definition) is 0. The molecule has 3 aromatic carbocycles. The van der Waals surface area contributed by atoms with Crippen LogP contribution in [0.5, 0.6) is 0 Å². The Morgan fingerprint density at radius 1 is 0.788 bits per heavy atom. The van der Waals surface area contributed by atoms with Crippen LogP contribution in [0.2, 0.25) is 0 Å². The zero-order valence-electron chi connectivity index (χ0n) is 20.3. The fraction of sp³-hybridized carbons (Fsp3) is 0.323. The summed E-state index contributed by atoms with van der Waals surface area (Å²) in [4.78, 5) is 0. The zero-order valence-corrected chi connectivity index (χ0v) is 20.3. The number of aromatic nitrogens is 2. The van der Waals surface area contributed by atoms with Crippen molar-refractivity contribution in [2.24, 2.45) is 7.05 Å². The van der Waals surface area contributed by atoms with E-state index in [0.29, 0.717) is 5.92 Å². The molecule has 0 atom stereocenters. The minimum atomic E-state index is 0.700. The second-order valence-electron chi connectivity index (χ2n) is 10.6. The molecule has 1 aliphatic rings. The molecule has 0 amide bonds. The summed E-state index contributed by atoms with van der Waals surface area (Å²) >= 11 is 0. The van der Waals surface area contributed by atoms with Gasteiger partial charge >= 0.3 is 0 Å². The van der Waals surface area contributed by atoms with Gasteiger partial charge in [0, 0.05) is 16.8 Å². The van der Waals surface area contributed by atoms with Crippen LogP contribution in [0.3, 0.4) is 0 Å². The Kier molecular flexibility index (Phi) is 3.79. The third-order valence-corrected chi connectivity index (χ3v) is 8.73. The Hall–Kier alpha value is -3.13. The van der Waals surface area contributed by atoms with Crippen LogP contribution in [0.4, 0.5) is 0 Å². The van der Waals surface area contributed by atoms with Crippen molar-refractivity contribution in [3.05, 3.63) is 70.4 Å². The van der Waals surface area contributed by atoms with Gasteiger partial charge in [-0.3, -0.25) is 0 Å². The van der Waals surface area contributed by atoms with Crippen molar-refractivity contribution in [1.29, 1.82) is 0 Å². The lowest BCUT2D eigenvalue weighted by Gasteiger charge is -2.17. The molecule has 3 aromatic heterocycles. The molecule has 0 spiro atoms. The van der Waals surface area contributed by atoms with Crippen LogP contribution in [-0.2, 0) is 7.05 Å². The molecule has 0 saturated heterocycles. The highest BCUT2D eigenvalue weighted by Crippen LogP contribution is 2.44. The zero-order chi connectivity index (χ0) is 22.6. The molecule has 7 rings (SSSR count). The normalized spacial score (nSPS) is 15.4. The van der Waals surface area contributed by atoms with Crippen molar-refractivity contribution in [1.82, 2.24) is 4.40 Å². The summed E-state index contributed by atoms with van der Waals surface area (Å²) in [7, 11) is 2.21. The molecule has 3 heterocycles. The third kappa shape index (κ3) is 2.42. The fourth-order valence-electron chi connectivity index (χ4n) is 6.68. The maximum atomic E-state index is 2.60. The molecule has 1 fully saturated rings. The van der Waals surface area contributed by atoms with E-state index in [4.69, 9.17) is 0 Å². The second-order valence-corrected chi connectivity index (χ2v) is 10.6. The number of pyridine rings is 2. The number of nitrogens with zero attached hydrogens (tertiary/aromatic N) is 2. The Labute approximate surface area is 194 Å². The first-order chi connectivity index (χ1) is 15.9. The van der Waals surface area contributed by atoms with Crippen LogP contribution in [0.15, 0.2) is 42.6 Å². The largest absolute Gasteiger partial charge is 0.307 e. The van der Waals surface area contributed by atoms with Gasteiger partial charge in [0.2, 0.25) is 5.52 Å². The van der Waals surface area contributed by atoms with Gasteiger partial charge in [-0.15, -0.1) is 0 Å². The van der Waals surface area contributed by atoms with Gasteiger partial charge in [-0.25, -0.2) is 4.57 Å². The average Bonchev–Trinajstić information content (AvgIpc) is 3.43. The van der Waals surface area contributed by atoms with Crippen molar-refractivity contribution in [3.8, 4) is 0 Å². The van der Waals surface area contributed by atoms with E-state index in [0.717, 1.165) is 0 Å². The standard InChI is InChI=1S/C31H31N2/c1-17-12-24-25-13-19(3)20(4)28-30(25)33(26(24)14-18(17)2)27-16-23(21-8-6-7-9-21)15-22-10-11-32(5)31(28)29(22)27/h10-16,21H,6-9H2,1-5H3/q+1. The van der Waals surface area contributed by atoms with Crippen LogP contribution >= 0.6 is 0 Å². The molecule has 33 heavy (non-hydrogen) atoms. The van der Waals surface area contributed by atoms with Gasteiger partial charge < -0.3 is 4.40 Å². The summed E-state index contributed by atoms with van der Waals surface area (Å²) in [6.07, 6.45) is 7.65. The predicted molar refractivity (Wildman–Crippen MR) is 140 cm³/mol. The lowest BCUT2D eigenvalue weighted by atomic mass is 9.92. The van der Waals surface area contributed by atoms with Gasteiger partial charge in [-0.1, -0.05) is 18.9 Å². The summed E-state index contributed by atoms with van der Waals surface area (Å²) < 4.78 is 4.95.